The van der Waals surface area contributed by atoms with Crippen LogP contribution in [0.15, 0.2) is 17.3 Å². The molecule has 0 spiro atoms. The Morgan fingerprint density at radius 3 is 2.79 bits per heavy atom. The first-order valence-corrected chi connectivity index (χ1v) is 5.16. The summed E-state index contributed by atoms with van der Waals surface area (Å²) < 4.78 is 24.7. The molecular weight excluding hydrogens is 210 g/mol. The van der Waals surface area contributed by atoms with E-state index in [0.29, 0.717) is 0 Å². The number of rotatable bonds is 4. The van der Waals surface area contributed by atoms with Gasteiger partial charge in [0, 0.05) is 6.20 Å². The second-order valence-corrected chi connectivity index (χ2v) is 4.33. The summed E-state index contributed by atoms with van der Waals surface area (Å²) in [4.78, 5) is 10.3. The summed E-state index contributed by atoms with van der Waals surface area (Å²) in [6.07, 6.45) is 2.26. The molecule has 0 fully saturated rings. The zero-order valence-corrected chi connectivity index (χ0v) is 8.08. The van der Waals surface area contributed by atoms with Crippen LogP contribution < -0.4 is 4.72 Å². The zero-order chi connectivity index (χ0) is 10.8. The number of aromatic amines is 1. The van der Waals surface area contributed by atoms with Gasteiger partial charge in [-0.2, -0.15) is 9.82 Å². The molecule has 0 saturated heterocycles. The van der Waals surface area contributed by atoms with Gasteiger partial charge in [0.1, 0.15) is 10.9 Å². The number of hydrogen-bond acceptors (Lipinski definition) is 4. The minimum atomic E-state index is -3.79. The van der Waals surface area contributed by atoms with Crippen molar-refractivity contribution in [2.45, 2.75) is 17.9 Å². The molecule has 1 heterocycles. The van der Waals surface area contributed by atoms with E-state index in [4.69, 9.17) is 5.11 Å². The maximum Gasteiger partial charge on any atom is 0.321 e. The minimum Gasteiger partial charge on any atom is -0.480 e. The Bertz CT molecular complexity index is 410. The van der Waals surface area contributed by atoms with Gasteiger partial charge in [0.05, 0.1) is 6.20 Å². The predicted octanol–water partition coefficient (Wildman–Crippen LogP) is -0.839. The van der Waals surface area contributed by atoms with Crippen LogP contribution in [0.3, 0.4) is 0 Å². The van der Waals surface area contributed by atoms with Crippen molar-refractivity contribution in [2.24, 2.45) is 0 Å². The lowest BCUT2D eigenvalue weighted by Crippen LogP contribution is -2.38. The molecule has 1 aromatic rings. The molecule has 7 nitrogen and oxygen atoms in total. The van der Waals surface area contributed by atoms with Crippen LogP contribution in [-0.4, -0.2) is 35.7 Å². The maximum absolute atomic E-state index is 11.4. The quantitative estimate of drug-likeness (QED) is 0.611. The zero-order valence-electron chi connectivity index (χ0n) is 7.26. The first kappa shape index (κ1) is 10.7. The third-order valence-electron chi connectivity index (χ3n) is 1.49. The molecule has 0 saturated carbocycles. The molecule has 0 aliphatic heterocycles. The van der Waals surface area contributed by atoms with Gasteiger partial charge in [0.25, 0.3) is 0 Å². The smallest absolute Gasteiger partial charge is 0.321 e. The van der Waals surface area contributed by atoms with E-state index >= 15 is 0 Å². The lowest BCUT2D eigenvalue weighted by Gasteiger charge is -2.07. The monoisotopic (exact) mass is 219 g/mol. The Morgan fingerprint density at radius 1 is 1.71 bits per heavy atom. The van der Waals surface area contributed by atoms with Gasteiger partial charge in [-0.3, -0.25) is 9.89 Å². The number of aliphatic carboxylic acids is 1. The van der Waals surface area contributed by atoms with Gasteiger partial charge in [-0.1, -0.05) is 0 Å². The molecule has 78 valence electrons. The van der Waals surface area contributed by atoms with Crippen molar-refractivity contribution in [3.8, 4) is 0 Å². The summed E-state index contributed by atoms with van der Waals surface area (Å²) in [5.41, 5.74) is 0. The second kappa shape index (κ2) is 3.76. The first-order valence-electron chi connectivity index (χ1n) is 3.67. The average molecular weight is 219 g/mol. The van der Waals surface area contributed by atoms with Crippen molar-refractivity contribution >= 4 is 16.0 Å². The van der Waals surface area contributed by atoms with E-state index in [1.807, 2.05) is 4.72 Å². The molecule has 1 atom stereocenters. The van der Waals surface area contributed by atoms with Crippen molar-refractivity contribution in [3.05, 3.63) is 12.4 Å². The predicted molar refractivity (Wildman–Crippen MR) is 46.0 cm³/mol. The summed E-state index contributed by atoms with van der Waals surface area (Å²) in [5, 5.41) is 14.3. The van der Waals surface area contributed by atoms with Crippen molar-refractivity contribution < 1.29 is 18.3 Å². The van der Waals surface area contributed by atoms with Crippen molar-refractivity contribution in [3.63, 3.8) is 0 Å². The van der Waals surface area contributed by atoms with E-state index < -0.39 is 22.0 Å². The van der Waals surface area contributed by atoms with Crippen LogP contribution in [0.1, 0.15) is 6.92 Å². The largest absolute Gasteiger partial charge is 0.480 e. The van der Waals surface area contributed by atoms with Gasteiger partial charge in [0.15, 0.2) is 0 Å². The van der Waals surface area contributed by atoms with Crippen LogP contribution in [0.4, 0.5) is 0 Å². The van der Waals surface area contributed by atoms with Crippen LogP contribution in [0.5, 0.6) is 0 Å². The van der Waals surface area contributed by atoms with Crippen LogP contribution in [0.25, 0.3) is 0 Å². The molecule has 1 rings (SSSR count). The van der Waals surface area contributed by atoms with Crippen LogP contribution >= 0.6 is 0 Å². The lowest BCUT2D eigenvalue weighted by atomic mass is 10.4. The van der Waals surface area contributed by atoms with Gasteiger partial charge >= 0.3 is 5.97 Å². The molecule has 0 unspecified atom stereocenters. The topological polar surface area (TPSA) is 112 Å². The molecule has 8 heteroatoms. The van der Waals surface area contributed by atoms with Gasteiger partial charge in [0.2, 0.25) is 10.0 Å². The lowest BCUT2D eigenvalue weighted by molar-refractivity contribution is -0.138. The third-order valence-corrected chi connectivity index (χ3v) is 2.99. The highest BCUT2D eigenvalue weighted by Gasteiger charge is 2.21. The number of carboxylic acids is 1. The highest BCUT2D eigenvalue weighted by atomic mass is 32.2. The fourth-order valence-corrected chi connectivity index (χ4v) is 1.84. The van der Waals surface area contributed by atoms with Gasteiger partial charge in [-0.25, -0.2) is 8.42 Å². The Kier molecular flexibility index (Phi) is 2.87. The normalized spacial score (nSPS) is 13.8. The standard InChI is InChI=1S/C6H9N3O4S/c1-4(6(10)11)9-14(12,13)5-2-7-8-3-5/h2-4,9H,1H3,(H,7,8)(H,10,11)/t4-/m1/s1. The average Bonchev–Trinajstić information content (AvgIpc) is 2.54. The van der Waals surface area contributed by atoms with E-state index in [1.165, 1.54) is 6.92 Å². The number of carbonyl (C=O) groups is 1. The molecule has 0 aliphatic carbocycles. The van der Waals surface area contributed by atoms with Gasteiger partial charge in [-0.05, 0) is 6.92 Å². The van der Waals surface area contributed by atoms with E-state index in [1.54, 1.807) is 0 Å². The highest BCUT2D eigenvalue weighted by Crippen LogP contribution is 2.04. The van der Waals surface area contributed by atoms with E-state index in [2.05, 4.69) is 10.2 Å². The van der Waals surface area contributed by atoms with Gasteiger partial charge < -0.3 is 5.11 Å². The molecule has 3 N–H and O–H groups in total. The molecular formula is C6H9N3O4S. The first-order chi connectivity index (χ1) is 6.43. The SMILES string of the molecule is C[C@@H](NS(=O)(=O)c1cn[nH]c1)C(=O)O. The molecule has 0 radical (unpaired) electrons. The third kappa shape index (κ3) is 2.30. The summed E-state index contributed by atoms with van der Waals surface area (Å²) in [6, 6.07) is -1.17. The fourth-order valence-electron chi connectivity index (χ4n) is 0.737. The van der Waals surface area contributed by atoms with E-state index in [-0.39, 0.29) is 4.90 Å². The molecule has 1 aromatic heterocycles. The Morgan fingerprint density at radius 2 is 2.36 bits per heavy atom. The molecule has 0 amide bonds. The Hall–Kier alpha value is -1.41. The maximum atomic E-state index is 11.4. The summed E-state index contributed by atoms with van der Waals surface area (Å²) in [5.74, 6) is -1.24. The van der Waals surface area contributed by atoms with E-state index in [0.717, 1.165) is 12.4 Å². The van der Waals surface area contributed by atoms with Gasteiger partial charge in [-0.15, -0.1) is 0 Å². The number of carboxylic acid groups (broad SMARTS) is 1. The number of H-pyrrole nitrogens is 1. The number of aromatic nitrogens is 2. The number of sulfonamides is 1. The molecule has 0 aromatic carbocycles. The second-order valence-electron chi connectivity index (χ2n) is 2.62. The Labute approximate surface area is 80.2 Å². The number of nitrogens with one attached hydrogen (secondary N) is 2. The van der Waals surface area contributed by atoms with Crippen molar-refractivity contribution in [1.82, 2.24) is 14.9 Å². The molecule has 0 aliphatic rings. The highest BCUT2D eigenvalue weighted by molar-refractivity contribution is 7.89. The number of nitrogens with zero attached hydrogens (tertiary/aromatic N) is 1. The molecule has 14 heavy (non-hydrogen) atoms. The van der Waals surface area contributed by atoms with Crippen molar-refractivity contribution in [1.29, 1.82) is 0 Å². The van der Waals surface area contributed by atoms with Crippen LogP contribution in [0, 0.1) is 0 Å². The minimum absolute atomic E-state index is 0.0920. The van der Waals surface area contributed by atoms with Crippen molar-refractivity contribution in [2.75, 3.05) is 0 Å². The summed E-state index contributed by atoms with van der Waals surface area (Å²) in [7, 11) is -3.79. The summed E-state index contributed by atoms with van der Waals surface area (Å²) in [6.45, 7) is 1.24. The summed E-state index contributed by atoms with van der Waals surface area (Å²) >= 11 is 0. The van der Waals surface area contributed by atoms with E-state index in [9.17, 15) is 13.2 Å². The Balaban J connectivity index is 2.84. The number of hydrogen-bond donors (Lipinski definition) is 3. The van der Waals surface area contributed by atoms with Crippen LogP contribution in [-0.2, 0) is 14.8 Å². The molecule has 0 bridgehead atoms. The fraction of sp³-hybridized carbons (Fsp3) is 0.333. The van der Waals surface area contributed by atoms with Crippen LogP contribution in [0.2, 0.25) is 0 Å².